The predicted octanol–water partition coefficient (Wildman–Crippen LogP) is 0.520. The molecular formula is C6H6BrN3O2S. The van der Waals surface area contributed by atoms with Crippen LogP contribution in [0.4, 0.5) is 0 Å². The van der Waals surface area contributed by atoms with Crippen molar-refractivity contribution in [2.45, 2.75) is 0 Å². The van der Waals surface area contributed by atoms with Crippen molar-refractivity contribution in [2.75, 3.05) is 0 Å². The summed E-state index contributed by atoms with van der Waals surface area (Å²) < 4.78 is 5.34. The molecule has 0 atom stereocenters. The van der Waals surface area contributed by atoms with Crippen LogP contribution in [0.15, 0.2) is 21.4 Å². The Morgan fingerprint density at radius 2 is 2.31 bits per heavy atom. The lowest BCUT2D eigenvalue weighted by molar-refractivity contribution is 0.0943. The summed E-state index contributed by atoms with van der Waals surface area (Å²) in [5, 5.41) is -0.00379. The van der Waals surface area contributed by atoms with Gasteiger partial charge in [-0.15, -0.1) is 0 Å². The van der Waals surface area contributed by atoms with Gasteiger partial charge in [0.2, 0.25) is 0 Å². The molecule has 0 fully saturated rings. The maximum atomic E-state index is 11.2. The maximum absolute atomic E-state index is 11.2. The zero-order valence-corrected chi connectivity index (χ0v) is 8.74. The van der Waals surface area contributed by atoms with Crippen LogP contribution in [0.3, 0.4) is 0 Å². The number of carbonyl (C=O) groups is 1. The molecule has 1 aromatic rings. The van der Waals surface area contributed by atoms with Crippen LogP contribution < -0.4 is 16.6 Å². The van der Waals surface area contributed by atoms with E-state index in [1.807, 2.05) is 0 Å². The Morgan fingerprint density at radius 1 is 1.62 bits per heavy atom. The van der Waals surface area contributed by atoms with Crippen LogP contribution in [0.1, 0.15) is 10.4 Å². The van der Waals surface area contributed by atoms with Gasteiger partial charge >= 0.3 is 0 Å². The smallest absolute Gasteiger partial charge is 0.272 e. The molecule has 0 radical (unpaired) electrons. The number of rotatable bonds is 1. The largest absolute Gasteiger partial charge is 0.457 e. The van der Waals surface area contributed by atoms with Gasteiger partial charge in [0.1, 0.15) is 6.26 Å². The Kier molecular flexibility index (Phi) is 3.26. The first kappa shape index (κ1) is 10.0. The highest BCUT2D eigenvalue weighted by Gasteiger charge is 2.07. The lowest BCUT2D eigenvalue weighted by Crippen LogP contribution is -2.44. The molecule has 0 aliphatic carbocycles. The summed E-state index contributed by atoms with van der Waals surface area (Å²) in [7, 11) is 0. The number of hydrogen-bond acceptors (Lipinski definition) is 3. The zero-order valence-electron chi connectivity index (χ0n) is 6.33. The van der Waals surface area contributed by atoms with E-state index >= 15 is 0 Å². The molecule has 0 aromatic carbocycles. The van der Waals surface area contributed by atoms with Gasteiger partial charge in [0.15, 0.2) is 9.78 Å². The number of furan rings is 1. The minimum atomic E-state index is -0.373. The highest BCUT2D eigenvalue weighted by atomic mass is 79.9. The average Bonchev–Trinajstić information content (AvgIpc) is 2.47. The molecule has 5 nitrogen and oxygen atoms in total. The Morgan fingerprint density at radius 3 is 2.77 bits per heavy atom. The van der Waals surface area contributed by atoms with Crippen molar-refractivity contribution in [3.8, 4) is 0 Å². The molecule has 13 heavy (non-hydrogen) atoms. The van der Waals surface area contributed by atoms with E-state index in [-0.39, 0.29) is 11.0 Å². The van der Waals surface area contributed by atoms with E-state index in [0.717, 1.165) is 0 Å². The van der Waals surface area contributed by atoms with Crippen LogP contribution in [0, 0.1) is 0 Å². The summed E-state index contributed by atoms with van der Waals surface area (Å²) in [5.74, 6) is -0.373. The fourth-order valence-electron chi connectivity index (χ4n) is 0.620. The molecule has 70 valence electrons. The van der Waals surface area contributed by atoms with E-state index < -0.39 is 0 Å². The Labute approximate surface area is 87.8 Å². The molecule has 0 saturated heterocycles. The van der Waals surface area contributed by atoms with Crippen molar-refractivity contribution in [1.82, 2.24) is 10.9 Å². The molecule has 0 aliphatic rings. The number of amides is 1. The van der Waals surface area contributed by atoms with Crippen molar-refractivity contribution >= 4 is 39.2 Å². The number of nitrogens with one attached hydrogen (secondary N) is 2. The minimum absolute atomic E-state index is 0.00379. The maximum Gasteiger partial charge on any atom is 0.272 e. The van der Waals surface area contributed by atoms with Crippen molar-refractivity contribution in [3.05, 3.63) is 22.6 Å². The topological polar surface area (TPSA) is 80.3 Å². The van der Waals surface area contributed by atoms with Gasteiger partial charge in [-0.3, -0.25) is 15.6 Å². The van der Waals surface area contributed by atoms with E-state index in [1.54, 1.807) is 0 Å². The van der Waals surface area contributed by atoms with E-state index in [1.165, 1.54) is 12.3 Å². The molecule has 1 heterocycles. The lowest BCUT2D eigenvalue weighted by Gasteiger charge is -2.03. The second-order valence-corrected chi connectivity index (χ2v) is 3.30. The van der Waals surface area contributed by atoms with Crippen LogP contribution in [-0.2, 0) is 0 Å². The van der Waals surface area contributed by atoms with Gasteiger partial charge in [0, 0.05) is 6.07 Å². The summed E-state index contributed by atoms with van der Waals surface area (Å²) >= 11 is 7.55. The van der Waals surface area contributed by atoms with Crippen LogP contribution in [0.5, 0.6) is 0 Å². The van der Waals surface area contributed by atoms with Gasteiger partial charge < -0.3 is 10.2 Å². The van der Waals surface area contributed by atoms with Crippen LogP contribution >= 0.6 is 28.1 Å². The van der Waals surface area contributed by atoms with Crippen LogP contribution in [-0.4, -0.2) is 11.0 Å². The van der Waals surface area contributed by atoms with Crippen molar-refractivity contribution in [2.24, 2.45) is 5.73 Å². The third-order valence-corrected chi connectivity index (χ3v) is 1.65. The summed E-state index contributed by atoms with van der Waals surface area (Å²) in [5.41, 5.74) is 10.0. The third kappa shape index (κ3) is 3.03. The summed E-state index contributed by atoms with van der Waals surface area (Å²) in [6.07, 6.45) is 1.31. The van der Waals surface area contributed by atoms with Crippen LogP contribution in [0.2, 0.25) is 0 Å². The first-order valence-electron chi connectivity index (χ1n) is 3.19. The molecule has 0 saturated carbocycles. The molecule has 0 bridgehead atoms. The fraction of sp³-hybridized carbons (Fsp3) is 0. The second-order valence-electron chi connectivity index (χ2n) is 2.08. The summed E-state index contributed by atoms with van der Waals surface area (Å²) in [6.45, 7) is 0. The van der Waals surface area contributed by atoms with E-state index in [4.69, 9.17) is 10.2 Å². The molecule has 1 amide bonds. The summed E-state index contributed by atoms with van der Waals surface area (Å²) in [4.78, 5) is 11.2. The van der Waals surface area contributed by atoms with Crippen molar-refractivity contribution < 1.29 is 9.21 Å². The predicted molar refractivity (Wildman–Crippen MR) is 53.8 cm³/mol. The number of carbonyl (C=O) groups excluding carboxylic acids is 1. The number of nitrogens with two attached hydrogens (primary N) is 1. The van der Waals surface area contributed by atoms with E-state index in [0.29, 0.717) is 10.2 Å². The highest BCUT2D eigenvalue weighted by molar-refractivity contribution is 9.10. The standard InChI is InChI=1S/C6H6BrN3O2S/c7-4-1-3(2-12-4)5(11)9-10-6(8)13/h1-2H,(H,9,11)(H3,8,10,13). The first-order valence-corrected chi connectivity index (χ1v) is 4.39. The molecular weight excluding hydrogens is 258 g/mol. The molecule has 0 spiro atoms. The Hall–Kier alpha value is -1.08. The SMILES string of the molecule is NC(=S)NNC(=O)c1coc(Br)c1. The van der Waals surface area contributed by atoms with Gasteiger partial charge in [0.05, 0.1) is 5.56 Å². The molecule has 0 aliphatic heterocycles. The van der Waals surface area contributed by atoms with Gasteiger partial charge in [-0.05, 0) is 28.1 Å². The van der Waals surface area contributed by atoms with Gasteiger partial charge in [-0.2, -0.15) is 0 Å². The lowest BCUT2D eigenvalue weighted by atomic mass is 10.3. The third-order valence-electron chi connectivity index (χ3n) is 1.13. The van der Waals surface area contributed by atoms with Gasteiger partial charge in [0.25, 0.3) is 5.91 Å². The number of halogens is 1. The van der Waals surface area contributed by atoms with Gasteiger partial charge in [-0.1, -0.05) is 0 Å². The monoisotopic (exact) mass is 263 g/mol. The molecule has 4 N–H and O–H groups in total. The average molecular weight is 264 g/mol. The molecule has 1 rings (SSSR count). The van der Waals surface area contributed by atoms with Crippen LogP contribution in [0.25, 0.3) is 0 Å². The second kappa shape index (κ2) is 4.24. The molecule has 1 aromatic heterocycles. The van der Waals surface area contributed by atoms with E-state index in [2.05, 4.69) is 39.0 Å². The zero-order chi connectivity index (χ0) is 9.84. The summed E-state index contributed by atoms with van der Waals surface area (Å²) in [6, 6.07) is 1.52. The van der Waals surface area contributed by atoms with Crippen molar-refractivity contribution in [1.29, 1.82) is 0 Å². The number of hydrazine groups is 1. The first-order chi connectivity index (χ1) is 6.09. The molecule has 7 heteroatoms. The Bertz CT molecular complexity index is 338. The number of thiocarbonyl (C=S) groups is 1. The van der Waals surface area contributed by atoms with E-state index in [9.17, 15) is 4.79 Å². The van der Waals surface area contributed by atoms with Gasteiger partial charge in [-0.25, -0.2) is 0 Å². The normalized spacial score (nSPS) is 9.31. The van der Waals surface area contributed by atoms with Crippen molar-refractivity contribution in [3.63, 3.8) is 0 Å². The quantitative estimate of drug-likeness (QED) is 0.509. The Balaban J connectivity index is 2.54. The fourth-order valence-corrected chi connectivity index (χ4v) is 1.01. The molecule has 0 unspecified atom stereocenters. The number of hydrogen-bond donors (Lipinski definition) is 3. The highest BCUT2D eigenvalue weighted by Crippen LogP contribution is 2.13. The minimum Gasteiger partial charge on any atom is -0.457 e.